The van der Waals surface area contributed by atoms with Crippen molar-refractivity contribution in [3.8, 4) is 0 Å². The first-order valence-electron chi connectivity index (χ1n) is 6.53. The number of nitrogens with zero attached hydrogens (tertiary/aromatic N) is 2. The second kappa shape index (κ2) is 6.00. The van der Waals surface area contributed by atoms with Gasteiger partial charge in [-0.15, -0.1) is 0 Å². The molecule has 5 nitrogen and oxygen atoms in total. The number of halogens is 1. The fourth-order valence-corrected chi connectivity index (χ4v) is 2.13. The van der Waals surface area contributed by atoms with Crippen molar-refractivity contribution in [1.29, 1.82) is 0 Å². The lowest BCUT2D eigenvalue weighted by Crippen LogP contribution is -2.46. The van der Waals surface area contributed by atoms with E-state index in [1.165, 1.54) is 11.0 Å². The molecule has 1 aromatic rings. The Hall–Kier alpha value is -1.95. The summed E-state index contributed by atoms with van der Waals surface area (Å²) in [5.74, 6) is -0.559. The molecule has 1 aliphatic rings. The molecule has 1 aromatic carbocycles. The van der Waals surface area contributed by atoms with E-state index >= 15 is 0 Å². The maximum Gasteiger partial charge on any atom is 0.324 e. The Balaban J connectivity index is 2.01. The highest BCUT2D eigenvalue weighted by atomic mass is 19.1. The molecule has 6 heteroatoms. The molecule has 0 unspecified atom stereocenters. The molecule has 20 heavy (non-hydrogen) atoms. The molecule has 0 radical (unpaired) electrons. The average Bonchev–Trinajstić information content (AvgIpc) is 2.86. The maximum atomic E-state index is 13.6. The molecule has 0 saturated carbocycles. The summed E-state index contributed by atoms with van der Waals surface area (Å²) in [6, 6.07) is 5.61. The van der Waals surface area contributed by atoms with E-state index in [0.29, 0.717) is 25.2 Å². The zero-order valence-electron chi connectivity index (χ0n) is 11.6. The van der Waals surface area contributed by atoms with Crippen LogP contribution >= 0.6 is 0 Å². The van der Waals surface area contributed by atoms with Gasteiger partial charge in [0.15, 0.2) is 0 Å². The average molecular weight is 279 g/mol. The van der Waals surface area contributed by atoms with Crippen molar-refractivity contribution in [2.24, 2.45) is 0 Å². The summed E-state index contributed by atoms with van der Waals surface area (Å²) in [4.78, 5) is 26.6. The summed E-state index contributed by atoms with van der Waals surface area (Å²) >= 11 is 0. The zero-order valence-corrected chi connectivity index (χ0v) is 11.6. The van der Waals surface area contributed by atoms with Gasteiger partial charge in [0.25, 0.3) is 0 Å². The fourth-order valence-electron chi connectivity index (χ4n) is 2.13. The lowest BCUT2D eigenvalue weighted by atomic mass is 10.1. The van der Waals surface area contributed by atoms with E-state index in [4.69, 9.17) is 0 Å². The minimum Gasteiger partial charge on any atom is -0.336 e. The molecule has 1 aliphatic heterocycles. The number of hydrogen-bond donors (Lipinski definition) is 1. The maximum absolute atomic E-state index is 13.6. The van der Waals surface area contributed by atoms with Crippen molar-refractivity contribution in [3.05, 3.63) is 35.6 Å². The van der Waals surface area contributed by atoms with Gasteiger partial charge in [0.2, 0.25) is 5.91 Å². The van der Waals surface area contributed by atoms with Gasteiger partial charge in [-0.3, -0.25) is 14.6 Å². The van der Waals surface area contributed by atoms with Gasteiger partial charge in [0, 0.05) is 25.2 Å². The summed E-state index contributed by atoms with van der Waals surface area (Å²) in [5.41, 5.74) is 0.528. The predicted octanol–water partition coefficient (Wildman–Crippen LogP) is 1.20. The molecule has 1 fully saturated rings. The van der Waals surface area contributed by atoms with Gasteiger partial charge in [-0.05, 0) is 20.0 Å². The number of imide groups is 1. The molecule has 0 bridgehead atoms. The summed E-state index contributed by atoms with van der Waals surface area (Å²) in [6.07, 6.45) is 0. The van der Waals surface area contributed by atoms with Gasteiger partial charge >= 0.3 is 6.03 Å². The van der Waals surface area contributed by atoms with Crippen LogP contribution in [0.4, 0.5) is 9.18 Å². The third-order valence-electron chi connectivity index (χ3n) is 3.52. The molecule has 1 saturated heterocycles. The minimum atomic E-state index is -0.488. The van der Waals surface area contributed by atoms with Gasteiger partial charge < -0.3 is 5.32 Å². The smallest absolute Gasteiger partial charge is 0.324 e. The highest BCUT2D eigenvalue weighted by Crippen LogP contribution is 2.12. The molecule has 108 valence electrons. The van der Waals surface area contributed by atoms with Crippen LogP contribution in [0.15, 0.2) is 24.3 Å². The molecule has 1 heterocycles. The van der Waals surface area contributed by atoms with Crippen molar-refractivity contribution in [2.75, 3.05) is 20.1 Å². The van der Waals surface area contributed by atoms with Crippen molar-refractivity contribution in [3.63, 3.8) is 0 Å². The van der Waals surface area contributed by atoms with Gasteiger partial charge in [0.1, 0.15) is 5.82 Å². The standard InChI is InChI=1S/C14H18FN3O2/c1-10(13(19)18-8-7-16-14(18)20)17(2)9-11-5-3-4-6-12(11)15/h3-6,10H,7-9H2,1-2H3,(H,16,20)/t10-/m0/s1. The molecule has 0 spiro atoms. The van der Waals surface area contributed by atoms with Crippen LogP contribution in [0.25, 0.3) is 0 Å². The predicted molar refractivity (Wildman–Crippen MR) is 72.4 cm³/mol. The number of benzene rings is 1. The Morgan fingerprint density at radius 1 is 1.50 bits per heavy atom. The molecular weight excluding hydrogens is 261 g/mol. The first-order valence-corrected chi connectivity index (χ1v) is 6.53. The molecule has 1 N–H and O–H groups in total. The number of nitrogens with one attached hydrogen (secondary N) is 1. The molecular formula is C14H18FN3O2. The summed E-state index contributed by atoms with van der Waals surface area (Å²) < 4.78 is 13.6. The van der Waals surface area contributed by atoms with Crippen molar-refractivity contribution in [1.82, 2.24) is 15.1 Å². The van der Waals surface area contributed by atoms with Crippen LogP contribution in [0.2, 0.25) is 0 Å². The quantitative estimate of drug-likeness (QED) is 0.901. The van der Waals surface area contributed by atoms with E-state index in [0.717, 1.165) is 0 Å². The van der Waals surface area contributed by atoms with Crippen molar-refractivity contribution < 1.29 is 14.0 Å². The third kappa shape index (κ3) is 2.96. The number of urea groups is 1. The second-order valence-electron chi connectivity index (χ2n) is 4.90. The van der Waals surface area contributed by atoms with E-state index in [1.54, 1.807) is 37.1 Å². The van der Waals surface area contributed by atoms with E-state index in [9.17, 15) is 14.0 Å². The van der Waals surface area contributed by atoms with Gasteiger partial charge in [-0.1, -0.05) is 18.2 Å². The normalized spacial score (nSPS) is 16.4. The van der Waals surface area contributed by atoms with Gasteiger partial charge in [-0.25, -0.2) is 9.18 Å². The molecule has 0 aromatic heterocycles. The summed E-state index contributed by atoms with van der Waals surface area (Å²) in [6.45, 7) is 2.90. The summed E-state index contributed by atoms with van der Waals surface area (Å²) in [7, 11) is 1.74. The Bertz CT molecular complexity index is 521. The van der Waals surface area contributed by atoms with Crippen LogP contribution in [0.5, 0.6) is 0 Å². The number of carbonyl (C=O) groups excluding carboxylic acids is 2. The highest BCUT2D eigenvalue weighted by molar-refractivity contribution is 5.98. The monoisotopic (exact) mass is 279 g/mol. The number of likely N-dealkylation sites (N-methyl/N-ethyl adjacent to an activating group) is 1. The van der Waals surface area contributed by atoms with Crippen molar-refractivity contribution >= 4 is 11.9 Å². The van der Waals surface area contributed by atoms with E-state index < -0.39 is 6.04 Å². The Labute approximate surface area is 117 Å². The second-order valence-corrected chi connectivity index (χ2v) is 4.90. The molecule has 1 atom stereocenters. The van der Waals surface area contributed by atoms with E-state index in [2.05, 4.69) is 5.32 Å². The lowest BCUT2D eigenvalue weighted by molar-refractivity contribution is -0.132. The van der Waals surface area contributed by atoms with Crippen LogP contribution in [0, 0.1) is 5.82 Å². The Morgan fingerprint density at radius 3 is 2.80 bits per heavy atom. The van der Waals surface area contributed by atoms with Crippen LogP contribution < -0.4 is 5.32 Å². The lowest BCUT2D eigenvalue weighted by Gasteiger charge is -2.26. The van der Waals surface area contributed by atoms with Crippen molar-refractivity contribution in [2.45, 2.75) is 19.5 Å². The number of amides is 3. The van der Waals surface area contributed by atoms with Gasteiger partial charge in [-0.2, -0.15) is 0 Å². The Kier molecular flexibility index (Phi) is 4.34. The molecule has 3 amide bonds. The van der Waals surface area contributed by atoms with Gasteiger partial charge in [0.05, 0.1) is 6.04 Å². The Morgan fingerprint density at radius 2 is 2.20 bits per heavy atom. The zero-order chi connectivity index (χ0) is 14.7. The minimum absolute atomic E-state index is 0.265. The molecule has 0 aliphatic carbocycles. The molecule has 2 rings (SSSR count). The first kappa shape index (κ1) is 14.5. The van der Waals surface area contributed by atoms with E-state index in [1.807, 2.05) is 0 Å². The fraction of sp³-hybridized carbons (Fsp3) is 0.429. The topological polar surface area (TPSA) is 52.7 Å². The number of hydrogen-bond acceptors (Lipinski definition) is 3. The third-order valence-corrected chi connectivity index (χ3v) is 3.52. The first-order chi connectivity index (χ1) is 9.50. The van der Waals surface area contributed by atoms with Crippen LogP contribution in [-0.2, 0) is 11.3 Å². The largest absolute Gasteiger partial charge is 0.336 e. The SMILES string of the molecule is C[C@@H](C(=O)N1CCNC1=O)N(C)Cc1ccccc1F. The van der Waals surface area contributed by atoms with Crippen LogP contribution in [-0.4, -0.2) is 47.9 Å². The number of carbonyl (C=O) groups is 2. The summed E-state index contributed by atoms with van der Waals surface area (Å²) in [5, 5.41) is 2.59. The van der Waals surface area contributed by atoms with Crippen LogP contribution in [0.3, 0.4) is 0 Å². The van der Waals surface area contributed by atoms with E-state index in [-0.39, 0.29) is 17.8 Å². The van der Waals surface area contributed by atoms with Crippen LogP contribution in [0.1, 0.15) is 12.5 Å². The highest BCUT2D eigenvalue weighted by Gasteiger charge is 2.31. The number of rotatable bonds is 4.